The van der Waals surface area contributed by atoms with Gasteiger partial charge in [-0.05, 0) is 70.4 Å². The SMILES string of the molecule is C=C/C=C(C#N)\C=C(/C)C1CCC(OC[C@H]2[C@@H](NS(C)(=O)=O)CCCN2C(=O)NCC)CC1. The third-order valence-electron chi connectivity index (χ3n) is 6.36. The van der Waals surface area contributed by atoms with Crippen molar-refractivity contribution in [1.29, 1.82) is 5.26 Å². The Labute approximate surface area is 198 Å². The van der Waals surface area contributed by atoms with Gasteiger partial charge in [-0.25, -0.2) is 17.9 Å². The highest BCUT2D eigenvalue weighted by molar-refractivity contribution is 7.88. The van der Waals surface area contributed by atoms with Crippen LogP contribution in [-0.4, -0.2) is 63.5 Å². The smallest absolute Gasteiger partial charge is 0.317 e. The number of urea groups is 1. The molecule has 33 heavy (non-hydrogen) atoms. The number of rotatable bonds is 9. The van der Waals surface area contributed by atoms with E-state index in [-0.39, 0.29) is 24.2 Å². The lowest BCUT2D eigenvalue weighted by Gasteiger charge is -2.42. The molecule has 9 heteroatoms. The number of hydrogen-bond acceptors (Lipinski definition) is 5. The van der Waals surface area contributed by atoms with Crippen molar-refractivity contribution in [3.8, 4) is 6.07 Å². The molecule has 1 aliphatic carbocycles. The van der Waals surface area contributed by atoms with Gasteiger partial charge >= 0.3 is 6.03 Å². The number of sulfonamides is 1. The number of amides is 2. The van der Waals surface area contributed by atoms with Gasteiger partial charge in [-0.3, -0.25) is 0 Å². The molecule has 2 N–H and O–H groups in total. The van der Waals surface area contributed by atoms with Gasteiger partial charge in [0.15, 0.2) is 0 Å². The molecule has 0 radical (unpaired) electrons. The van der Waals surface area contributed by atoms with E-state index in [1.807, 2.05) is 13.0 Å². The van der Waals surface area contributed by atoms with Crippen LogP contribution >= 0.6 is 0 Å². The van der Waals surface area contributed by atoms with Crippen molar-refractivity contribution in [2.24, 2.45) is 5.92 Å². The van der Waals surface area contributed by atoms with Crippen LogP contribution in [0.2, 0.25) is 0 Å². The summed E-state index contributed by atoms with van der Waals surface area (Å²) in [6.45, 7) is 8.97. The topological polar surface area (TPSA) is 112 Å². The minimum Gasteiger partial charge on any atom is -0.376 e. The van der Waals surface area contributed by atoms with Gasteiger partial charge in [0, 0.05) is 19.1 Å². The van der Waals surface area contributed by atoms with Crippen molar-refractivity contribution in [2.75, 3.05) is 26.0 Å². The quantitative estimate of drug-likeness (QED) is 0.390. The fourth-order valence-corrected chi connectivity index (χ4v) is 5.53. The lowest BCUT2D eigenvalue weighted by atomic mass is 9.82. The summed E-state index contributed by atoms with van der Waals surface area (Å²) in [5.41, 5.74) is 1.79. The van der Waals surface area contributed by atoms with Crippen molar-refractivity contribution in [1.82, 2.24) is 14.9 Å². The van der Waals surface area contributed by atoms with Crippen LogP contribution in [0, 0.1) is 17.2 Å². The molecule has 1 saturated carbocycles. The number of allylic oxidation sites excluding steroid dienone is 5. The maximum atomic E-state index is 12.6. The Balaban J connectivity index is 1.99. The van der Waals surface area contributed by atoms with Gasteiger partial charge < -0.3 is 15.0 Å². The first-order valence-corrected chi connectivity index (χ1v) is 13.6. The molecule has 1 aliphatic heterocycles. The summed E-state index contributed by atoms with van der Waals surface area (Å²) in [6, 6.07) is 1.29. The first-order valence-electron chi connectivity index (χ1n) is 11.7. The Kier molecular flexibility index (Phi) is 10.6. The van der Waals surface area contributed by atoms with E-state index in [0.29, 0.717) is 37.6 Å². The van der Waals surface area contributed by atoms with Crippen molar-refractivity contribution in [3.05, 3.63) is 36.0 Å². The molecule has 1 saturated heterocycles. The van der Waals surface area contributed by atoms with Gasteiger partial charge in [0.05, 0.1) is 36.7 Å². The summed E-state index contributed by atoms with van der Waals surface area (Å²) in [5, 5.41) is 12.0. The maximum absolute atomic E-state index is 12.6. The Morgan fingerprint density at radius 2 is 1.97 bits per heavy atom. The highest BCUT2D eigenvalue weighted by atomic mass is 32.2. The molecule has 2 amide bonds. The van der Waals surface area contributed by atoms with Crippen molar-refractivity contribution < 1.29 is 17.9 Å². The summed E-state index contributed by atoms with van der Waals surface area (Å²) in [4.78, 5) is 14.3. The zero-order valence-electron chi connectivity index (χ0n) is 20.0. The molecule has 184 valence electrons. The van der Waals surface area contributed by atoms with Crippen LogP contribution in [-0.2, 0) is 14.8 Å². The highest BCUT2D eigenvalue weighted by Crippen LogP contribution is 2.32. The zero-order valence-corrected chi connectivity index (χ0v) is 20.9. The van der Waals surface area contributed by atoms with Crippen LogP contribution in [0.3, 0.4) is 0 Å². The third-order valence-corrected chi connectivity index (χ3v) is 7.09. The zero-order chi connectivity index (χ0) is 24.4. The molecule has 2 atom stereocenters. The summed E-state index contributed by atoms with van der Waals surface area (Å²) in [7, 11) is -3.40. The molecule has 0 aromatic heterocycles. The highest BCUT2D eigenvalue weighted by Gasteiger charge is 2.36. The van der Waals surface area contributed by atoms with Crippen LogP contribution in [0.15, 0.2) is 36.0 Å². The Hall–Kier alpha value is -2.15. The van der Waals surface area contributed by atoms with E-state index in [4.69, 9.17) is 4.74 Å². The predicted molar refractivity (Wildman–Crippen MR) is 130 cm³/mol. The summed E-state index contributed by atoms with van der Waals surface area (Å²) in [5.74, 6) is 0.410. The van der Waals surface area contributed by atoms with Gasteiger partial charge in [-0.15, -0.1) is 0 Å². The van der Waals surface area contributed by atoms with E-state index in [2.05, 4.69) is 29.6 Å². The molecule has 8 nitrogen and oxygen atoms in total. The second-order valence-corrected chi connectivity index (χ2v) is 10.7. The maximum Gasteiger partial charge on any atom is 0.317 e. The number of likely N-dealkylation sites (tertiary alicyclic amines) is 1. The van der Waals surface area contributed by atoms with Gasteiger partial charge in [0.1, 0.15) is 0 Å². The van der Waals surface area contributed by atoms with Crippen LogP contribution in [0.5, 0.6) is 0 Å². The monoisotopic (exact) mass is 478 g/mol. The lowest BCUT2D eigenvalue weighted by molar-refractivity contribution is -0.0193. The van der Waals surface area contributed by atoms with E-state index in [1.54, 1.807) is 17.1 Å². The molecular weight excluding hydrogens is 440 g/mol. The average molecular weight is 479 g/mol. The van der Waals surface area contributed by atoms with Crippen molar-refractivity contribution in [3.63, 3.8) is 0 Å². The fraction of sp³-hybridized carbons (Fsp3) is 0.667. The van der Waals surface area contributed by atoms with Gasteiger partial charge in [0.25, 0.3) is 0 Å². The molecule has 0 bridgehead atoms. The first kappa shape index (κ1) is 27.1. The molecule has 2 rings (SSSR count). The molecular formula is C24H38N4O4S. The summed E-state index contributed by atoms with van der Waals surface area (Å²) < 4.78 is 32.7. The fourth-order valence-electron chi connectivity index (χ4n) is 4.71. The van der Waals surface area contributed by atoms with Gasteiger partial charge in [-0.2, -0.15) is 5.26 Å². The van der Waals surface area contributed by atoms with Crippen LogP contribution in [0.1, 0.15) is 52.4 Å². The van der Waals surface area contributed by atoms with Gasteiger partial charge in [0.2, 0.25) is 10.0 Å². The number of nitriles is 1. The normalized spacial score (nSPS) is 27.0. The summed E-state index contributed by atoms with van der Waals surface area (Å²) >= 11 is 0. The minimum atomic E-state index is -3.40. The molecule has 0 aromatic rings. The van der Waals surface area contributed by atoms with Crippen LogP contribution < -0.4 is 10.0 Å². The second kappa shape index (κ2) is 12.9. The van der Waals surface area contributed by atoms with Crippen LogP contribution in [0.25, 0.3) is 0 Å². The molecule has 0 aromatic carbocycles. The number of nitrogens with one attached hydrogen (secondary N) is 2. The Morgan fingerprint density at radius 1 is 1.27 bits per heavy atom. The number of piperidine rings is 1. The third kappa shape index (κ3) is 8.61. The molecule has 2 aliphatic rings. The lowest BCUT2D eigenvalue weighted by Crippen LogP contribution is -2.60. The van der Waals surface area contributed by atoms with Gasteiger partial charge in [-0.1, -0.05) is 18.2 Å². The van der Waals surface area contributed by atoms with E-state index < -0.39 is 10.0 Å². The van der Waals surface area contributed by atoms with E-state index >= 15 is 0 Å². The number of carbonyl (C=O) groups excluding carboxylic acids is 1. The van der Waals surface area contributed by atoms with E-state index in [9.17, 15) is 18.5 Å². The number of carbonyl (C=O) groups is 1. The second-order valence-electron chi connectivity index (χ2n) is 8.90. The van der Waals surface area contributed by atoms with E-state index in [1.165, 1.54) is 5.57 Å². The van der Waals surface area contributed by atoms with Crippen LogP contribution in [0.4, 0.5) is 4.79 Å². The largest absolute Gasteiger partial charge is 0.376 e. The van der Waals surface area contributed by atoms with E-state index in [0.717, 1.165) is 38.4 Å². The first-order chi connectivity index (χ1) is 15.7. The van der Waals surface area contributed by atoms with Crippen molar-refractivity contribution in [2.45, 2.75) is 70.6 Å². The summed E-state index contributed by atoms with van der Waals surface area (Å²) in [6.07, 6.45) is 11.6. The molecule has 0 unspecified atom stereocenters. The van der Waals surface area contributed by atoms with Crippen molar-refractivity contribution >= 4 is 16.1 Å². The number of nitrogens with zero attached hydrogens (tertiary/aromatic N) is 2. The number of ether oxygens (including phenoxy) is 1. The Morgan fingerprint density at radius 3 is 2.55 bits per heavy atom. The molecule has 1 heterocycles. The predicted octanol–water partition coefficient (Wildman–Crippen LogP) is 3.26. The standard InChI is InChI=1S/C24H38N4O4S/c1-5-8-19(16-25)15-18(3)20-10-12-21(13-11-20)32-17-23-22(27-33(4,30)31)9-7-14-28(23)24(29)26-6-2/h5,8,15,20-23,27H,1,6-7,9-14,17H2,2-4H3,(H,26,29)/b18-15+,19-8+/t20?,21?,22-,23-/m0/s1. The average Bonchev–Trinajstić information content (AvgIpc) is 2.77. The number of hydrogen-bond donors (Lipinski definition) is 2. The molecule has 2 fully saturated rings. The molecule has 0 spiro atoms. The Bertz CT molecular complexity index is 883. The minimum absolute atomic E-state index is 0.0742.